The minimum absolute atomic E-state index is 0.0647. The van der Waals surface area contributed by atoms with Gasteiger partial charge in [0.25, 0.3) is 0 Å². The summed E-state index contributed by atoms with van der Waals surface area (Å²) in [5, 5.41) is -0.0647. The van der Waals surface area contributed by atoms with E-state index in [4.69, 9.17) is 14.9 Å². The summed E-state index contributed by atoms with van der Waals surface area (Å²) in [6.07, 6.45) is 0.515. The SMILES string of the molecule is CC(CF)(O[Si](C)(C)C(C)(C)C)c1cc(OC(N)=O)ccn1. The zero-order valence-corrected chi connectivity index (χ0v) is 15.1. The Labute approximate surface area is 132 Å². The van der Waals surface area contributed by atoms with E-state index in [1.165, 1.54) is 18.3 Å². The van der Waals surface area contributed by atoms with E-state index in [9.17, 15) is 9.18 Å². The topological polar surface area (TPSA) is 74.4 Å². The Morgan fingerprint density at radius 2 is 1.95 bits per heavy atom. The number of nitrogens with two attached hydrogens (primary N) is 1. The number of nitrogens with zero attached hydrogens (tertiary/aromatic N) is 1. The molecule has 0 bridgehead atoms. The van der Waals surface area contributed by atoms with Crippen LogP contribution in [0.2, 0.25) is 18.1 Å². The number of pyridine rings is 1. The van der Waals surface area contributed by atoms with Crippen LogP contribution < -0.4 is 10.5 Å². The van der Waals surface area contributed by atoms with E-state index in [1.807, 2.05) is 13.1 Å². The van der Waals surface area contributed by atoms with Crippen LogP contribution in [0.3, 0.4) is 0 Å². The van der Waals surface area contributed by atoms with Crippen LogP contribution in [0, 0.1) is 0 Å². The number of ether oxygens (including phenoxy) is 1. The van der Waals surface area contributed by atoms with Gasteiger partial charge in [-0.25, -0.2) is 9.18 Å². The van der Waals surface area contributed by atoms with Gasteiger partial charge in [0.05, 0.1) is 5.69 Å². The van der Waals surface area contributed by atoms with Gasteiger partial charge in [0.15, 0.2) is 8.32 Å². The number of aromatic nitrogens is 1. The molecule has 0 saturated carbocycles. The highest BCUT2D eigenvalue weighted by Crippen LogP contribution is 2.41. The van der Waals surface area contributed by atoms with Crippen molar-refractivity contribution in [2.24, 2.45) is 5.73 Å². The second-order valence-corrected chi connectivity index (χ2v) is 11.7. The lowest BCUT2D eigenvalue weighted by Crippen LogP contribution is -2.48. The molecule has 0 aliphatic carbocycles. The van der Waals surface area contributed by atoms with Crippen molar-refractivity contribution in [3.8, 4) is 5.75 Å². The first-order valence-corrected chi connectivity index (χ1v) is 10.0. The number of alkyl halides is 1. The van der Waals surface area contributed by atoms with Gasteiger partial charge in [-0.3, -0.25) is 4.98 Å². The summed E-state index contributed by atoms with van der Waals surface area (Å²) >= 11 is 0. The fourth-order valence-corrected chi connectivity index (χ4v) is 3.34. The molecule has 1 unspecified atom stereocenters. The molecule has 124 valence electrons. The molecule has 0 aromatic carbocycles. The van der Waals surface area contributed by atoms with Crippen LogP contribution in [0.25, 0.3) is 0 Å². The molecule has 0 spiro atoms. The van der Waals surface area contributed by atoms with Gasteiger partial charge in [0.2, 0.25) is 0 Å². The number of hydrogen-bond donors (Lipinski definition) is 1. The Hall–Kier alpha value is -1.47. The summed E-state index contributed by atoms with van der Waals surface area (Å²) in [4.78, 5) is 15.0. The first kappa shape index (κ1) is 18.6. The van der Waals surface area contributed by atoms with Gasteiger partial charge in [-0.15, -0.1) is 0 Å². The van der Waals surface area contributed by atoms with Crippen molar-refractivity contribution in [3.05, 3.63) is 24.0 Å². The Balaban J connectivity index is 3.16. The number of amides is 1. The van der Waals surface area contributed by atoms with E-state index >= 15 is 0 Å². The Morgan fingerprint density at radius 1 is 1.36 bits per heavy atom. The number of carbonyl (C=O) groups is 1. The fraction of sp³-hybridized carbons (Fsp3) is 0.600. The van der Waals surface area contributed by atoms with E-state index in [1.54, 1.807) is 6.92 Å². The second kappa shape index (κ2) is 6.34. The van der Waals surface area contributed by atoms with Crippen LogP contribution in [-0.4, -0.2) is 26.1 Å². The van der Waals surface area contributed by atoms with Gasteiger partial charge in [0.1, 0.15) is 18.0 Å². The molecule has 0 aliphatic rings. The van der Waals surface area contributed by atoms with Gasteiger partial charge >= 0.3 is 6.09 Å². The molecule has 1 heterocycles. The Kier molecular flexibility index (Phi) is 5.35. The highest BCUT2D eigenvalue weighted by atomic mass is 28.4. The standard InChI is InChI=1S/C15H25FN2O3Si/c1-14(2,3)22(5,6)21-15(4,10-16)12-9-11(7-8-18-12)20-13(17)19/h7-9H,10H2,1-6H3,(H2,17,19). The molecule has 1 rings (SSSR count). The Morgan fingerprint density at radius 3 is 2.41 bits per heavy atom. The van der Waals surface area contributed by atoms with Gasteiger partial charge in [-0.1, -0.05) is 20.8 Å². The highest BCUT2D eigenvalue weighted by Gasteiger charge is 2.44. The molecule has 0 radical (unpaired) electrons. The summed E-state index contributed by atoms with van der Waals surface area (Å²) in [6, 6.07) is 2.97. The third-order valence-electron chi connectivity index (χ3n) is 4.03. The maximum atomic E-state index is 13.8. The molecule has 1 aromatic heterocycles. The summed E-state index contributed by atoms with van der Waals surface area (Å²) in [7, 11) is -2.21. The highest BCUT2D eigenvalue weighted by molar-refractivity contribution is 6.74. The first-order chi connectivity index (χ1) is 9.91. The minimum Gasteiger partial charge on any atom is -0.410 e. The number of primary amides is 1. The van der Waals surface area contributed by atoms with Crippen LogP contribution in [-0.2, 0) is 10.0 Å². The molecule has 5 nitrogen and oxygen atoms in total. The average Bonchev–Trinajstić information content (AvgIpc) is 2.36. The van der Waals surface area contributed by atoms with Crippen molar-refractivity contribution in [2.45, 2.75) is 51.4 Å². The van der Waals surface area contributed by atoms with Crippen LogP contribution in [0.15, 0.2) is 18.3 Å². The summed E-state index contributed by atoms with van der Waals surface area (Å²) in [6.45, 7) is 11.3. The van der Waals surface area contributed by atoms with Gasteiger partial charge < -0.3 is 14.9 Å². The normalized spacial score (nSPS) is 15.2. The molecule has 0 aliphatic heterocycles. The minimum atomic E-state index is -2.21. The molecule has 1 amide bonds. The molecule has 1 atom stereocenters. The third kappa shape index (κ3) is 4.27. The number of hydrogen-bond acceptors (Lipinski definition) is 4. The van der Waals surface area contributed by atoms with Crippen molar-refractivity contribution in [3.63, 3.8) is 0 Å². The maximum Gasteiger partial charge on any atom is 0.409 e. The number of carbonyl (C=O) groups excluding carboxylic acids is 1. The summed E-state index contributed by atoms with van der Waals surface area (Å²) in [5.74, 6) is 0.219. The van der Waals surface area contributed by atoms with Crippen LogP contribution in [0.5, 0.6) is 5.75 Å². The lowest BCUT2D eigenvalue weighted by molar-refractivity contribution is 0.0379. The smallest absolute Gasteiger partial charge is 0.409 e. The molecule has 1 aromatic rings. The van der Waals surface area contributed by atoms with Crippen LogP contribution >= 0.6 is 0 Å². The van der Waals surface area contributed by atoms with Gasteiger partial charge in [0, 0.05) is 12.3 Å². The van der Waals surface area contributed by atoms with Crippen molar-refractivity contribution < 1.29 is 18.3 Å². The fourth-order valence-electron chi connectivity index (χ4n) is 1.74. The lowest BCUT2D eigenvalue weighted by atomic mass is 10.0. The zero-order valence-electron chi connectivity index (χ0n) is 14.1. The molecule has 22 heavy (non-hydrogen) atoms. The molecule has 0 fully saturated rings. The number of halogens is 1. The van der Waals surface area contributed by atoms with Gasteiger partial charge in [-0.2, -0.15) is 0 Å². The molecule has 7 heteroatoms. The largest absolute Gasteiger partial charge is 0.410 e. The number of rotatable bonds is 5. The zero-order chi connectivity index (χ0) is 17.2. The van der Waals surface area contributed by atoms with E-state index in [-0.39, 0.29) is 10.8 Å². The lowest BCUT2D eigenvalue weighted by Gasteiger charge is -2.42. The summed E-state index contributed by atoms with van der Waals surface area (Å²) in [5.41, 5.74) is 4.17. The van der Waals surface area contributed by atoms with E-state index in [2.05, 4.69) is 25.8 Å². The molecular weight excluding hydrogens is 303 g/mol. The Bertz CT molecular complexity index is 546. The van der Waals surface area contributed by atoms with E-state index in [0.717, 1.165) is 0 Å². The quantitative estimate of drug-likeness (QED) is 0.835. The van der Waals surface area contributed by atoms with Crippen molar-refractivity contribution in [2.75, 3.05) is 6.67 Å². The van der Waals surface area contributed by atoms with E-state index in [0.29, 0.717) is 5.69 Å². The summed E-state index contributed by atoms with van der Waals surface area (Å²) < 4.78 is 24.8. The van der Waals surface area contributed by atoms with Crippen LogP contribution in [0.4, 0.5) is 9.18 Å². The monoisotopic (exact) mass is 328 g/mol. The average molecular weight is 328 g/mol. The van der Waals surface area contributed by atoms with Crippen molar-refractivity contribution in [1.82, 2.24) is 4.98 Å². The molecular formula is C15H25FN2O3Si. The van der Waals surface area contributed by atoms with Crippen LogP contribution in [0.1, 0.15) is 33.4 Å². The van der Waals surface area contributed by atoms with Crippen molar-refractivity contribution in [1.29, 1.82) is 0 Å². The second-order valence-electron chi connectivity index (χ2n) is 7.02. The predicted octanol–water partition coefficient (Wildman–Crippen LogP) is 3.75. The molecule has 0 saturated heterocycles. The predicted molar refractivity (Wildman–Crippen MR) is 86.1 cm³/mol. The van der Waals surface area contributed by atoms with Crippen molar-refractivity contribution >= 4 is 14.4 Å². The molecule has 2 N–H and O–H groups in total. The first-order valence-electron chi connectivity index (χ1n) is 7.11. The van der Waals surface area contributed by atoms with E-state index < -0.39 is 26.7 Å². The maximum absolute atomic E-state index is 13.8. The third-order valence-corrected chi connectivity index (χ3v) is 8.61. The van der Waals surface area contributed by atoms with Gasteiger partial charge in [-0.05, 0) is 31.1 Å².